The summed E-state index contributed by atoms with van der Waals surface area (Å²) < 4.78 is 5.18. The third-order valence-electron chi connectivity index (χ3n) is 2.44. The lowest BCUT2D eigenvalue weighted by molar-refractivity contribution is -0.113. The highest BCUT2D eigenvalue weighted by Crippen LogP contribution is 2.30. The minimum absolute atomic E-state index is 0.0781. The molecule has 78 valence electrons. The molecule has 0 saturated heterocycles. The van der Waals surface area contributed by atoms with E-state index in [9.17, 15) is 4.79 Å². The van der Waals surface area contributed by atoms with Crippen molar-refractivity contribution in [1.82, 2.24) is 0 Å². The molecule has 1 rings (SSSR count). The predicted octanol–water partition coefficient (Wildman–Crippen LogP) is 2.35. The van der Waals surface area contributed by atoms with Crippen molar-refractivity contribution in [3.63, 3.8) is 0 Å². The summed E-state index contributed by atoms with van der Waals surface area (Å²) in [5, 5.41) is 8.87. The van der Waals surface area contributed by atoms with Gasteiger partial charge < -0.3 is 9.84 Å². The van der Waals surface area contributed by atoms with Crippen LogP contribution in [0.2, 0.25) is 0 Å². The molecular formula is C11H16O3. The largest absolute Gasteiger partial charge is 0.515 e. The molecule has 0 saturated carbocycles. The molecule has 0 atom stereocenters. The minimum atomic E-state index is -0.0781. The smallest absolute Gasteiger partial charge is 0.191 e. The lowest BCUT2D eigenvalue weighted by Gasteiger charge is -2.22. The first-order chi connectivity index (χ1) is 6.61. The average molecular weight is 196 g/mol. The van der Waals surface area contributed by atoms with Gasteiger partial charge in [-0.15, -0.1) is 0 Å². The molecule has 0 aliphatic heterocycles. The van der Waals surface area contributed by atoms with Crippen molar-refractivity contribution in [3.8, 4) is 0 Å². The SMILES string of the molecule is COC1=C(C(C)C)C(=O)/C(=C/O)CC1. The number of hydrogen-bond donors (Lipinski definition) is 1. The van der Waals surface area contributed by atoms with Crippen molar-refractivity contribution in [2.45, 2.75) is 26.7 Å². The van der Waals surface area contributed by atoms with Gasteiger partial charge in [0.25, 0.3) is 0 Å². The summed E-state index contributed by atoms with van der Waals surface area (Å²) in [7, 11) is 1.58. The Hall–Kier alpha value is -1.25. The number of hydrogen-bond acceptors (Lipinski definition) is 3. The summed E-state index contributed by atoms with van der Waals surface area (Å²) in [5.74, 6) is 0.814. The van der Waals surface area contributed by atoms with E-state index in [-0.39, 0.29) is 11.7 Å². The number of aliphatic hydroxyl groups excluding tert-OH is 1. The van der Waals surface area contributed by atoms with Gasteiger partial charge in [0.2, 0.25) is 0 Å². The van der Waals surface area contributed by atoms with E-state index in [0.29, 0.717) is 24.0 Å². The average Bonchev–Trinajstić information content (AvgIpc) is 2.16. The summed E-state index contributed by atoms with van der Waals surface area (Å²) >= 11 is 0. The number of ketones is 1. The number of aliphatic hydroxyl groups is 1. The van der Waals surface area contributed by atoms with Gasteiger partial charge in [0.05, 0.1) is 13.4 Å². The second-order valence-corrected chi connectivity index (χ2v) is 3.68. The lowest BCUT2D eigenvalue weighted by atomic mass is 9.86. The molecule has 3 heteroatoms. The molecule has 0 amide bonds. The highest BCUT2D eigenvalue weighted by molar-refractivity contribution is 6.09. The maximum absolute atomic E-state index is 11.8. The van der Waals surface area contributed by atoms with E-state index in [4.69, 9.17) is 9.84 Å². The number of allylic oxidation sites excluding steroid dienone is 3. The normalized spacial score (nSPS) is 20.9. The Morgan fingerprint density at radius 2 is 2.07 bits per heavy atom. The molecular weight excluding hydrogens is 180 g/mol. The van der Waals surface area contributed by atoms with Crippen molar-refractivity contribution in [1.29, 1.82) is 0 Å². The van der Waals surface area contributed by atoms with Crippen LogP contribution in [-0.4, -0.2) is 18.0 Å². The highest BCUT2D eigenvalue weighted by Gasteiger charge is 2.27. The van der Waals surface area contributed by atoms with Gasteiger partial charge >= 0.3 is 0 Å². The van der Waals surface area contributed by atoms with Crippen LogP contribution in [0.1, 0.15) is 26.7 Å². The van der Waals surface area contributed by atoms with Crippen molar-refractivity contribution < 1.29 is 14.6 Å². The molecule has 0 fully saturated rings. The lowest BCUT2D eigenvalue weighted by Crippen LogP contribution is -2.19. The Balaban J connectivity index is 3.11. The third kappa shape index (κ3) is 1.81. The molecule has 3 nitrogen and oxygen atoms in total. The molecule has 0 bridgehead atoms. The Labute approximate surface area is 84.1 Å². The van der Waals surface area contributed by atoms with E-state index in [2.05, 4.69) is 0 Å². The summed E-state index contributed by atoms with van der Waals surface area (Å²) in [4.78, 5) is 11.8. The Bertz CT molecular complexity index is 298. The van der Waals surface area contributed by atoms with Crippen LogP contribution in [0.5, 0.6) is 0 Å². The minimum Gasteiger partial charge on any atom is -0.515 e. The fraction of sp³-hybridized carbons (Fsp3) is 0.545. The number of ether oxygens (including phenoxy) is 1. The molecule has 1 aliphatic carbocycles. The predicted molar refractivity (Wildman–Crippen MR) is 53.8 cm³/mol. The highest BCUT2D eigenvalue weighted by atomic mass is 16.5. The zero-order chi connectivity index (χ0) is 10.7. The van der Waals surface area contributed by atoms with Crippen molar-refractivity contribution in [2.75, 3.05) is 7.11 Å². The van der Waals surface area contributed by atoms with Crippen LogP contribution in [0.15, 0.2) is 23.2 Å². The Kier molecular flexibility index (Phi) is 3.33. The van der Waals surface area contributed by atoms with Crippen LogP contribution in [-0.2, 0) is 9.53 Å². The zero-order valence-corrected chi connectivity index (χ0v) is 8.83. The van der Waals surface area contributed by atoms with E-state index in [1.807, 2.05) is 13.8 Å². The van der Waals surface area contributed by atoms with Crippen molar-refractivity contribution >= 4 is 5.78 Å². The van der Waals surface area contributed by atoms with Crippen molar-refractivity contribution in [3.05, 3.63) is 23.2 Å². The Morgan fingerprint density at radius 3 is 2.50 bits per heavy atom. The van der Waals surface area contributed by atoms with E-state index in [0.717, 1.165) is 12.0 Å². The summed E-state index contributed by atoms with van der Waals surface area (Å²) in [5.41, 5.74) is 1.17. The standard InChI is InChI=1S/C11H16O3/c1-7(2)10-9(14-3)5-4-8(6-12)11(10)13/h6-7,12H,4-5H2,1-3H3/b8-6+. The van der Waals surface area contributed by atoms with Gasteiger partial charge in [-0.05, 0) is 12.3 Å². The molecule has 0 aromatic carbocycles. The summed E-state index contributed by atoms with van der Waals surface area (Å²) in [6, 6.07) is 0. The molecule has 14 heavy (non-hydrogen) atoms. The van der Waals surface area contributed by atoms with E-state index in [1.165, 1.54) is 0 Å². The van der Waals surface area contributed by atoms with Gasteiger partial charge in [-0.25, -0.2) is 0 Å². The van der Waals surface area contributed by atoms with Gasteiger partial charge in [-0.1, -0.05) is 13.8 Å². The Morgan fingerprint density at radius 1 is 1.43 bits per heavy atom. The van der Waals surface area contributed by atoms with Gasteiger partial charge in [-0.3, -0.25) is 4.79 Å². The van der Waals surface area contributed by atoms with Crippen molar-refractivity contribution in [2.24, 2.45) is 5.92 Å². The second-order valence-electron chi connectivity index (χ2n) is 3.68. The number of carbonyl (C=O) groups excluding carboxylic acids is 1. The fourth-order valence-electron chi connectivity index (χ4n) is 1.72. The number of methoxy groups -OCH3 is 1. The molecule has 0 heterocycles. The molecule has 0 unspecified atom stereocenters. The van der Waals surface area contributed by atoms with Crippen LogP contribution in [0.25, 0.3) is 0 Å². The molecule has 1 aliphatic rings. The van der Waals surface area contributed by atoms with Gasteiger partial charge in [0.15, 0.2) is 5.78 Å². The first-order valence-electron chi connectivity index (χ1n) is 4.76. The third-order valence-corrected chi connectivity index (χ3v) is 2.44. The van der Waals surface area contributed by atoms with Crippen LogP contribution >= 0.6 is 0 Å². The van der Waals surface area contributed by atoms with Crippen LogP contribution in [0.4, 0.5) is 0 Å². The first kappa shape index (κ1) is 10.8. The van der Waals surface area contributed by atoms with E-state index in [1.54, 1.807) is 7.11 Å². The maximum Gasteiger partial charge on any atom is 0.191 e. The van der Waals surface area contributed by atoms with Crippen LogP contribution in [0.3, 0.4) is 0 Å². The number of carbonyl (C=O) groups is 1. The molecule has 0 spiro atoms. The first-order valence-corrected chi connectivity index (χ1v) is 4.76. The molecule has 1 N–H and O–H groups in total. The number of Topliss-reactive ketones (excluding diaryl/α,β-unsaturated/α-hetero) is 1. The van der Waals surface area contributed by atoms with Gasteiger partial charge in [0.1, 0.15) is 5.76 Å². The quantitative estimate of drug-likeness (QED) is 0.544. The maximum atomic E-state index is 11.8. The van der Waals surface area contributed by atoms with Gasteiger partial charge in [-0.2, -0.15) is 0 Å². The van der Waals surface area contributed by atoms with Gasteiger partial charge in [0, 0.05) is 17.6 Å². The second kappa shape index (κ2) is 4.31. The van der Waals surface area contributed by atoms with E-state index >= 15 is 0 Å². The van der Waals surface area contributed by atoms with E-state index < -0.39 is 0 Å². The van der Waals surface area contributed by atoms with Crippen LogP contribution < -0.4 is 0 Å². The molecule has 0 aromatic heterocycles. The van der Waals surface area contributed by atoms with Crippen LogP contribution in [0, 0.1) is 5.92 Å². The zero-order valence-electron chi connectivity index (χ0n) is 8.83. The summed E-state index contributed by atoms with van der Waals surface area (Å²) in [6.07, 6.45) is 2.17. The molecule has 0 radical (unpaired) electrons. The number of rotatable bonds is 2. The summed E-state index contributed by atoms with van der Waals surface area (Å²) in [6.45, 7) is 3.90. The fourth-order valence-corrected chi connectivity index (χ4v) is 1.72. The molecule has 0 aromatic rings. The topological polar surface area (TPSA) is 46.5 Å². The monoisotopic (exact) mass is 196 g/mol.